The second-order valence-corrected chi connectivity index (χ2v) is 4.14. The van der Waals surface area contributed by atoms with E-state index in [4.69, 9.17) is 4.12 Å². The maximum atomic E-state index is 4.97. The molecular formula is C3H10OSi2. The number of hydrogen-bond acceptors (Lipinski definition) is 1. The molecule has 0 radical (unpaired) electrons. The van der Waals surface area contributed by atoms with Crippen molar-refractivity contribution in [3.63, 3.8) is 0 Å². The molecule has 0 aromatic heterocycles. The van der Waals surface area contributed by atoms with Gasteiger partial charge in [0, 0.05) is 0 Å². The molecule has 0 atom stereocenters. The van der Waals surface area contributed by atoms with Crippen LogP contribution in [0.15, 0.2) is 11.8 Å². The second-order valence-electron chi connectivity index (χ2n) is 1.02. The van der Waals surface area contributed by atoms with Crippen LogP contribution in [0.5, 0.6) is 0 Å². The van der Waals surface area contributed by atoms with E-state index in [0.29, 0.717) is 0 Å². The predicted octanol–water partition coefficient (Wildman–Crippen LogP) is -1.10. The highest BCUT2D eigenvalue weighted by atomic mass is 28.3. The summed E-state index contributed by atoms with van der Waals surface area (Å²) < 4.78 is 4.97. The minimum absolute atomic E-state index is 0.197. The summed E-state index contributed by atoms with van der Waals surface area (Å²) in [7, 11) is 0.717. The fraction of sp³-hybridized carbons (Fsp3) is 0.333. The largest absolute Gasteiger partial charge is 0.465 e. The fourth-order valence-electron chi connectivity index (χ4n) is 0.192. The van der Waals surface area contributed by atoms with Crippen LogP contribution < -0.4 is 0 Å². The van der Waals surface area contributed by atoms with Gasteiger partial charge in [0.1, 0.15) is 10.5 Å². The molecule has 0 saturated heterocycles. The molecule has 0 N–H and O–H groups in total. The lowest BCUT2D eigenvalue weighted by molar-refractivity contribution is 0.675. The highest BCUT2D eigenvalue weighted by Gasteiger charge is 1.64. The third-order valence-electron chi connectivity index (χ3n) is 0.499. The SMILES string of the molecule is CC=C[SiH2]O[SiH3]. The Balaban J connectivity index is 2.66. The molecule has 0 unspecified atom stereocenters. The molecule has 0 aliphatic carbocycles. The van der Waals surface area contributed by atoms with Gasteiger partial charge in [0.2, 0.25) is 0 Å². The summed E-state index contributed by atoms with van der Waals surface area (Å²) in [5, 5.41) is 0. The lowest BCUT2D eigenvalue weighted by atomic mass is 10.8. The minimum Gasteiger partial charge on any atom is -0.465 e. The number of hydrogen-bond donors (Lipinski definition) is 0. The van der Waals surface area contributed by atoms with Gasteiger partial charge in [0.25, 0.3) is 0 Å². The van der Waals surface area contributed by atoms with Crippen molar-refractivity contribution >= 4 is 20.2 Å². The topological polar surface area (TPSA) is 9.23 Å². The normalized spacial score (nSPS) is 12.8. The van der Waals surface area contributed by atoms with E-state index in [1.807, 2.05) is 13.0 Å². The fourth-order valence-corrected chi connectivity index (χ4v) is 1.15. The Morgan fingerprint density at radius 3 is 2.67 bits per heavy atom. The molecule has 0 amide bonds. The van der Waals surface area contributed by atoms with Gasteiger partial charge in [-0.2, -0.15) is 0 Å². The standard InChI is InChI=1S/C3H10OSi2/c1-2-3-6-4-5/h2-3H,6H2,1,5H3. The Morgan fingerprint density at radius 1 is 1.83 bits per heavy atom. The van der Waals surface area contributed by atoms with Crippen molar-refractivity contribution in [1.29, 1.82) is 0 Å². The van der Waals surface area contributed by atoms with Gasteiger partial charge in [0.05, 0.1) is 0 Å². The Bertz CT molecular complexity index is 44.1. The summed E-state index contributed by atoms with van der Waals surface area (Å²) in [5.41, 5.74) is 2.13. The average molecular weight is 118 g/mol. The van der Waals surface area contributed by atoms with E-state index in [1.54, 1.807) is 0 Å². The van der Waals surface area contributed by atoms with E-state index >= 15 is 0 Å². The van der Waals surface area contributed by atoms with Crippen molar-refractivity contribution in [3.05, 3.63) is 11.8 Å². The Kier molecular flexibility index (Phi) is 5.25. The zero-order chi connectivity index (χ0) is 4.83. The minimum atomic E-state index is -0.197. The summed E-state index contributed by atoms with van der Waals surface area (Å²) in [6.07, 6.45) is 2.05. The van der Waals surface area contributed by atoms with E-state index in [-0.39, 0.29) is 9.76 Å². The quantitative estimate of drug-likeness (QED) is 0.418. The van der Waals surface area contributed by atoms with Gasteiger partial charge in [0.15, 0.2) is 9.76 Å². The summed E-state index contributed by atoms with van der Waals surface area (Å²) >= 11 is 0. The molecule has 0 aliphatic heterocycles. The van der Waals surface area contributed by atoms with Crippen molar-refractivity contribution in [2.24, 2.45) is 0 Å². The Hall–Kier alpha value is 0.134. The lowest BCUT2D eigenvalue weighted by Gasteiger charge is -1.81. The van der Waals surface area contributed by atoms with E-state index < -0.39 is 0 Å². The lowest BCUT2D eigenvalue weighted by Crippen LogP contribution is -1.86. The maximum Gasteiger partial charge on any atom is 0.170 e. The summed E-state index contributed by atoms with van der Waals surface area (Å²) in [6, 6.07) is 0. The molecule has 3 heteroatoms. The maximum absolute atomic E-state index is 4.97. The Labute approximate surface area is 43.9 Å². The Morgan fingerprint density at radius 2 is 2.50 bits per heavy atom. The molecule has 0 bridgehead atoms. The zero-order valence-corrected chi connectivity index (χ0v) is 7.68. The first-order valence-corrected chi connectivity index (χ1v) is 4.23. The zero-order valence-electron chi connectivity index (χ0n) is 4.27. The van der Waals surface area contributed by atoms with Gasteiger partial charge >= 0.3 is 0 Å². The van der Waals surface area contributed by atoms with Crippen LogP contribution in [-0.2, 0) is 4.12 Å². The van der Waals surface area contributed by atoms with Crippen LogP contribution in [0, 0.1) is 0 Å². The third kappa shape index (κ3) is 4.13. The van der Waals surface area contributed by atoms with E-state index in [0.717, 1.165) is 10.5 Å². The summed E-state index contributed by atoms with van der Waals surface area (Å²) in [6.45, 7) is 2.02. The highest BCUT2D eigenvalue weighted by molar-refractivity contribution is 6.39. The van der Waals surface area contributed by atoms with Crippen LogP contribution in [0.4, 0.5) is 0 Å². The monoisotopic (exact) mass is 118 g/mol. The van der Waals surface area contributed by atoms with Gasteiger partial charge in [-0.15, -0.1) is 0 Å². The molecule has 1 nitrogen and oxygen atoms in total. The first-order valence-electron chi connectivity index (χ1n) is 2.02. The molecular weight excluding hydrogens is 108 g/mol. The summed E-state index contributed by atoms with van der Waals surface area (Å²) in [5.74, 6) is 0. The van der Waals surface area contributed by atoms with Crippen LogP contribution in [0.25, 0.3) is 0 Å². The molecule has 0 saturated carbocycles. The van der Waals surface area contributed by atoms with E-state index in [9.17, 15) is 0 Å². The van der Waals surface area contributed by atoms with Crippen molar-refractivity contribution in [3.8, 4) is 0 Å². The van der Waals surface area contributed by atoms with Gasteiger partial charge in [-0.05, 0) is 6.92 Å². The van der Waals surface area contributed by atoms with Gasteiger partial charge in [-0.1, -0.05) is 11.8 Å². The van der Waals surface area contributed by atoms with Crippen molar-refractivity contribution in [1.82, 2.24) is 0 Å². The van der Waals surface area contributed by atoms with Crippen molar-refractivity contribution < 1.29 is 4.12 Å². The number of allylic oxidation sites excluding steroid dienone is 1. The van der Waals surface area contributed by atoms with Gasteiger partial charge < -0.3 is 4.12 Å². The second kappa shape index (κ2) is 5.13. The molecule has 0 heterocycles. The van der Waals surface area contributed by atoms with Crippen LogP contribution >= 0.6 is 0 Å². The molecule has 6 heavy (non-hydrogen) atoms. The molecule has 0 aliphatic rings. The third-order valence-corrected chi connectivity index (χ3v) is 2.50. The molecule has 0 rings (SSSR count). The molecule has 36 valence electrons. The van der Waals surface area contributed by atoms with Crippen LogP contribution in [0.1, 0.15) is 6.92 Å². The smallest absolute Gasteiger partial charge is 0.170 e. The van der Waals surface area contributed by atoms with E-state index in [1.165, 1.54) is 0 Å². The predicted molar refractivity (Wildman–Crippen MR) is 34.4 cm³/mol. The molecule has 0 aromatic carbocycles. The van der Waals surface area contributed by atoms with E-state index in [2.05, 4.69) is 5.70 Å². The summed E-state index contributed by atoms with van der Waals surface area (Å²) in [4.78, 5) is 0. The number of rotatable bonds is 2. The first kappa shape index (κ1) is 6.13. The van der Waals surface area contributed by atoms with Crippen LogP contribution in [0.2, 0.25) is 0 Å². The van der Waals surface area contributed by atoms with Crippen molar-refractivity contribution in [2.45, 2.75) is 6.92 Å². The molecule has 0 spiro atoms. The molecule has 0 fully saturated rings. The van der Waals surface area contributed by atoms with Gasteiger partial charge in [-0.3, -0.25) is 0 Å². The first-order chi connectivity index (χ1) is 2.91. The van der Waals surface area contributed by atoms with Gasteiger partial charge in [-0.25, -0.2) is 0 Å². The van der Waals surface area contributed by atoms with Crippen molar-refractivity contribution in [2.75, 3.05) is 0 Å². The molecule has 0 aromatic rings. The average Bonchev–Trinajstić information content (AvgIpc) is 1.61. The van der Waals surface area contributed by atoms with Crippen LogP contribution in [0.3, 0.4) is 0 Å². The highest BCUT2D eigenvalue weighted by Crippen LogP contribution is 1.63. The van der Waals surface area contributed by atoms with Crippen LogP contribution in [-0.4, -0.2) is 20.2 Å².